The van der Waals surface area contributed by atoms with Gasteiger partial charge in [-0.3, -0.25) is 14.6 Å². The molecule has 2 heterocycles. The van der Waals surface area contributed by atoms with Gasteiger partial charge in [-0.05, 0) is 23.6 Å². The summed E-state index contributed by atoms with van der Waals surface area (Å²) >= 11 is 0. The van der Waals surface area contributed by atoms with Crippen LogP contribution < -0.4 is 5.32 Å². The van der Waals surface area contributed by atoms with Gasteiger partial charge >= 0.3 is 0 Å². The minimum atomic E-state index is -0.222. The van der Waals surface area contributed by atoms with E-state index in [1.807, 2.05) is 37.3 Å². The van der Waals surface area contributed by atoms with Crippen LogP contribution >= 0.6 is 0 Å². The molecular formula is C30H32N4O2. The minimum absolute atomic E-state index is 0.103. The number of carbonyl (C=O) groups excluding carboxylic acids is 1. The van der Waals surface area contributed by atoms with Crippen LogP contribution in [0.25, 0.3) is 0 Å². The van der Waals surface area contributed by atoms with Crippen molar-refractivity contribution in [1.82, 2.24) is 20.1 Å². The van der Waals surface area contributed by atoms with E-state index < -0.39 is 0 Å². The first kappa shape index (κ1) is 24.0. The van der Waals surface area contributed by atoms with Crippen LogP contribution in [0.1, 0.15) is 52.1 Å². The Morgan fingerprint density at radius 3 is 1.92 bits per heavy atom. The highest BCUT2D eigenvalue weighted by Crippen LogP contribution is 2.29. The molecule has 0 spiro atoms. The Kier molecular flexibility index (Phi) is 7.55. The van der Waals surface area contributed by atoms with Crippen LogP contribution in [0.3, 0.4) is 0 Å². The predicted molar refractivity (Wildman–Crippen MR) is 140 cm³/mol. The van der Waals surface area contributed by atoms with Gasteiger partial charge in [-0.2, -0.15) is 0 Å². The van der Waals surface area contributed by atoms with E-state index in [0.717, 1.165) is 31.7 Å². The molecular weight excluding hydrogens is 448 g/mol. The molecule has 0 unspecified atom stereocenters. The van der Waals surface area contributed by atoms with E-state index in [9.17, 15) is 4.79 Å². The second-order valence-corrected chi connectivity index (χ2v) is 9.27. The van der Waals surface area contributed by atoms with E-state index in [2.05, 4.69) is 80.8 Å². The van der Waals surface area contributed by atoms with Crippen molar-refractivity contribution in [2.75, 3.05) is 26.2 Å². The molecule has 1 aliphatic heterocycles. The molecule has 6 heteroatoms. The molecule has 1 aromatic heterocycles. The molecule has 1 fully saturated rings. The first-order chi connectivity index (χ1) is 17.7. The van der Waals surface area contributed by atoms with Crippen LogP contribution in [0.4, 0.5) is 0 Å². The lowest BCUT2D eigenvalue weighted by Crippen LogP contribution is -2.47. The standard InChI is InChI=1S/C30H32N4O2/c1-23(24-11-5-2-6-12-24)31-30(35)27-22-36-28(32-27)21-33-17-19-34(20-18-33)29(25-13-7-3-8-14-25)26-15-9-4-10-16-26/h2-16,22-23,29H,17-21H2,1H3,(H,31,35)/t23-/m0/s1. The zero-order valence-electron chi connectivity index (χ0n) is 20.6. The summed E-state index contributed by atoms with van der Waals surface area (Å²) in [4.78, 5) is 22.0. The van der Waals surface area contributed by atoms with Crippen molar-refractivity contribution in [1.29, 1.82) is 0 Å². The number of carbonyl (C=O) groups is 1. The number of amides is 1. The molecule has 0 saturated carbocycles. The van der Waals surface area contributed by atoms with E-state index >= 15 is 0 Å². The molecule has 36 heavy (non-hydrogen) atoms. The number of benzene rings is 3. The van der Waals surface area contributed by atoms with Crippen LogP contribution in [-0.2, 0) is 6.54 Å². The third-order valence-electron chi connectivity index (χ3n) is 6.79. The first-order valence-corrected chi connectivity index (χ1v) is 12.5. The summed E-state index contributed by atoms with van der Waals surface area (Å²) in [5.41, 5.74) is 3.99. The second kappa shape index (κ2) is 11.3. The van der Waals surface area contributed by atoms with Crippen molar-refractivity contribution >= 4 is 5.91 Å². The van der Waals surface area contributed by atoms with Crippen LogP contribution in [-0.4, -0.2) is 46.9 Å². The number of nitrogens with one attached hydrogen (secondary N) is 1. The summed E-state index contributed by atoms with van der Waals surface area (Å²) in [7, 11) is 0. The normalized spacial score (nSPS) is 15.6. The summed E-state index contributed by atoms with van der Waals surface area (Å²) in [5.74, 6) is 0.350. The van der Waals surface area contributed by atoms with Gasteiger partial charge in [0.15, 0.2) is 5.69 Å². The molecule has 184 valence electrons. The van der Waals surface area contributed by atoms with Crippen LogP contribution in [0, 0.1) is 0 Å². The molecule has 1 saturated heterocycles. The Hall–Kier alpha value is -3.74. The highest BCUT2D eigenvalue weighted by atomic mass is 16.3. The fraction of sp³-hybridized carbons (Fsp3) is 0.267. The van der Waals surface area contributed by atoms with Gasteiger partial charge < -0.3 is 9.73 Å². The Labute approximate surface area is 212 Å². The van der Waals surface area contributed by atoms with Crippen molar-refractivity contribution in [2.45, 2.75) is 25.6 Å². The maximum absolute atomic E-state index is 12.7. The molecule has 1 aliphatic rings. The molecule has 0 bridgehead atoms. The number of hydrogen-bond acceptors (Lipinski definition) is 5. The van der Waals surface area contributed by atoms with E-state index in [1.165, 1.54) is 17.4 Å². The largest absolute Gasteiger partial charge is 0.447 e. The smallest absolute Gasteiger partial charge is 0.273 e. The van der Waals surface area contributed by atoms with Crippen molar-refractivity contribution in [3.05, 3.63) is 126 Å². The number of oxazole rings is 1. The fourth-order valence-electron chi connectivity index (χ4n) is 4.84. The summed E-state index contributed by atoms with van der Waals surface area (Å²) in [6.07, 6.45) is 1.46. The van der Waals surface area contributed by atoms with Crippen molar-refractivity contribution < 1.29 is 9.21 Å². The van der Waals surface area contributed by atoms with E-state index in [-0.39, 0.29) is 18.0 Å². The number of aromatic nitrogens is 1. The minimum Gasteiger partial charge on any atom is -0.447 e. The van der Waals surface area contributed by atoms with Gasteiger partial charge in [-0.15, -0.1) is 0 Å². The molecule has 3 aromatic carbocycles. The number of piperazine rings is 1. The maximum Gasteiger partial charge on any atom is 0.273 e. The Balaban J connectivity index is 1.18. The van der Waals surface area contributed by atoms with Gasteiger partial charge in [0.1, 0.15) is 6.26 Å². The second-order valence-electron chi connectivity index (χ2n) is 9.27. The highest BCUT2D eigenvalue weighted by Gasteiger charge is 2.27. The number of rotatable bonds is 8. The number of hydrogen-bond donors (Lipinski definition) is 1. The van der Waals surface area contributed by atoms with E-state index in [0.29, 0.717) is 18.1 Å². The Morgan fingerprint density at radius 2 is 1.36 bits per heavy atom. The zero-order chi connectivity index (χ0) is 24.7. The lowest BCUT2D eigenvalue weighted by molar-refractivity contribution is 0.0933. The molecule has 1 atom stereocenters. The Morgan fingerprint density at radius 1 is 0.833 bits per heavy atom. The van der Waals surface area contributed by atoms with Gasteiger partial charge in [-0.25, -0.2) is 4.98 Å². The average molecular weight is 481 g/mol. The average Bonchev–Trinajstić information content (AvgIpc) is 3.40. The topological polar surface area (TPSA) is 61.6 Å². The van der Waals surface area contributed by atoms with Crippen LogP contribution in [0.5, 0.6) is 0 Å². The third kappa shape index (κ3) is 5.73. The fourth-order valence-corrected chi connectivity index (χ4v) is 4.84. The molecule has 1 amide bonds. The molecule has 0 aliphatic carbocycles. The summed E-state index contributed by atoms with van der Waals surface area (Å²) < 4.78 is 5.66. The van der Waals surface area contributed by atoms with Crippen molar-refractivity contribution in [2.24, 2.45) is 0 Å². The molecule has 0 radical (unpaired) electrons. The van der Waals surface area contributed by atoms with Gasteiger partial charge in [0, 0.05) is 26.2 Å². The van der Waals surface area contributed by atoms with Crippen LogP contribution in [0.15, 0.2) is 102 Å². The summed E-state index contributed by atoms with van der Waals surface area (Å²) in [6, 6.07) is 31.4. The lowest BCUT2D eigenvalue weighted by atomic mass is 9.96. The van der Waals surface area contributed by atoms with E-state index in [1.54, 1.807) is 0 Å². The molecule has 5 rings (SSSR count). The van der Waals surface area contributed by atoms with Gasteiger partial charge in [0.2, 0.25) is 5.89 Å². The first-order valence-electron chi connectivity index (χ1n) is 12.5. The lowest BCUT2D eigenvalue weighted by Gasteiger charge is -2.39. The van der Waals surface area contributed by atoms with E-state index in [4.69, 9.17) is 4.42 Å². The number of nitrogens with zero attached hydrogens (tertiary/aromatic N) is 3. The van der Waals surface area contributed by atoms with Gasteiger partial charge in [0.05, 0.1) is 18.6 Å². The maximum atomic E-state index is 12.7. The third-order valence-corrected chi connectivity index (χ3v) is 6.79. The molecule has 4 aromatic rings. The van der Waals surface area contributed by atoms with Crippen molar-refractivity contribution in [3.8, 4) is 0 Å². The molecule has 6 nitrogen and oxygen atoms in total. The molecule has 1 N–H and O–H groups in total. The van der Waals surface area contributed by atoms with Gasteiger partial charge in [-0.1, -0.05) is 91.0 Å². The monoisotopic (exact) mass is 480 g/mol. The summed E-state index contributed by atoms with van der Waals surface area (Å²) in [5, 5.41) is 3.00. The highest BCUT2D eigenvalue weighted by molar-refractivity contribution is 5.92. The van der Waals surface area contributed by atoms with Gasteiger partial charge in [0.25, 0.3) is 5.91 Å². The predicted octanol–water partition coefficient (Wildman–Crippen LogP) is 5.07. The zero-order valence-corrected chi connectivity index (χ0v) is 20.6. The van der Waals surface area contributed by atoms with Crippen molar-refractivity contribution in [3.63, 3.8) is 0 Å². The quantitative estimate of drug-likeness (QED) is 0.381. The SMILES string of the molecule is C[C@H](NC(=O)c1coc(CN2CCN(C(c3ccccc3)c3ccccc3)CC2)n1)c1ccccc1. The Bertz CT molecular complexity index is 1200. The summed E-state index contributed by atoms with van der Waals surface area (Å²) in [6.45, 7) is 6.26. The van der Waals surface area contributed by atoms with Crippen LogP contribution in [0.2, 0.25) is 0 Å².